The van der Waals surface area contributed by atoms with Crippen LogP contribution < -0.4 is 5.32 Å². The zero-order valence-corrected chi connectivity index (χ0v) is 15.3. The molecule has 0 spiro atoms. The van der Waals surface area contributed by atoms with Gasteiger partial charge in [-0.1, -0.05) is 38.1 Å². The second-order valence-corrected chi connectivity index (χ2v) is 8.23. The first-order valence-corrected chi connectivity index (χ1v) is 9.06. The van der Waals surface area contributed by atoms with Crippen molar-refractivity contribution >= 4 is 22.9 Å². The molecule has 0 radical (unpaired) electrons. The maximum Gasteiger partial charge on any atom is 0.144 e. The van der Waals surface area contributed by atoms with Crippen LogP contribution in [-0.2, 0) is 4.79 Å². The van der Waals surface area contributed by atoms with Crippen molar-refractivity contribution in [2.75, 3.05) is 5.32 Å². The molecule has 1 N–H and O–H groups in total. The topological polar surface area (TPSA) is 41.5 Å². The molecule has 0 aromatic heterocycles. The van der Waals surface area contributed by atoms with E-state index in [1.807, 2.05) is 31.2 Å². The summed E-state index contributed by atoms with van der Waals surface area (Å²) in [6.07, 6.45) is 1.22. The van der Waals surface area contributed by atoms with E-state index in [9.17, 15) is 9.18 Å². The van der Waals surface area contributed by atoms with Crippen molar-refractivity contribution in [2.24, 2.45) is 16.3 Å². The van der Waals surface area contributed by atoms with E-state index in [1.165, 1.54) is 6.07 Å². The quantitative estimate of drug-likeness (QED) is 0.750. The Morgan fingerprint density at radius 3 is 2.69 bits per heavy atom. The Balaban J connectivity index is 1.90. The molecule has 2 atom stereocenters. The summed E-state index contributed by atoms with van der Waals surface area (Å²) in [5.41, 5.74) is 4.02. The molecule has 1 heterocycles. The number of aliphatic imine (C=N–C) groups is 1. The molecule has 2 aliphatic rings. The number of benzene rings is 2. The number of ketones is 1. The zero-order chi connectivity index (χ0) is 18.5. The molecule has 2 unspecified atom stereocenters. The molecule has 0 bridgehead atoms. The Kier molecular flexibility index (Phi) is 3.94. The van der Waals surface area contributed by atoms with E-state index in [0.29, 0.717) is 12.0 Å². The van der Waals surface area contributed by atoms with Gasteiger partial charge in [0, 0.05) is 17.7 Å². The van der Waals surface area contributed by atoms with E-state index >= 15 is 0 Å². The lowest BCUT2D eigenvalue weighted by atomic mass is 9.68. The van der Waals surface area contributed by atoms with Crippen LogP contribution in [0.1, 0.15) is 43.9 Å². The molecule has 2 aromatic rings. The Bertz CT molecular complexity index is 916. The fourth-order valence-electron chi connectivity index (χ4n) is 4.17. The highest BCUT2D eigenvalue weighted by molar-refractivity contribution is 6.10. The molecule has 0 amide bonds. The van der Waals surface area contributed by atoms with Crippen molar-refractivity contribution in [3.8, 4) is 0 Å². The van der Waals surface area contributed by atoms with Crippen LogP contribution in [0.25, 0.3) is 0 Å². The van der Waals surface area contributed by atoms with Gasteiger partial charge in [0.05, 0.1) is 23.3 Å². The largest absolute Gasteiger partial charge is 0.375 e. The number of anilines is 1. The maximum atomic E-state index is 14.6. The lowest BCUT2D eigenvalue weighted by Crippen LogP contribution is -2.42. The number of rotatable bonds is 1. The first-order chi connectivity index (χ1) is 12.3. The summed E-state index contributed by atoms with van der Waals surface area (Å²) in [4.78, 5) is 17.9. The summed E-state index contributed by atoms with van der Waals surface area (Å²) < 4.78 is 14.6. The van der Waals surface area contributed by atoms with Gasteiger partial charge in [0.2, 0.25) is 0 Å². The summed E-state index contributed by atoms with van der Waals surface area (Å²) in [6, 6.07) is 12.3. The lowest BCUT2D eigenvalue weighted by molar-refractivity contribution is -0.124. The maximum absolute atomic E-state index is 14.6. The molecule has 2 aromatic carbocycles. The van der Waals surface area contributed by atoms with E-state index in [4.69, 9.17) is 4.99 Å². The molecule has 3 nitrogen and oxygen atoms in total. The highest BCUT2D eigenvalue weighted by atomic mass is 19.1. The second-order valence-electron chi connectivity index (χ2n) is 8.23. The van der Waals surface area contributed by atoms with E-state index in [1.54, 1.807) is 12.1 Å². The molecule has 4 rings (SSSR count). The zero-order valence-electron chi connectivity index (χ0n) is 15.3. The fraction of sp³-hybridized carbons (Fsp3) is 0.364. The van der Waals surface area contributed by atoms with E-state index < -0.39 is 12.0 Å². The number of halogens is 1. The average Bonchev–Trinajstić information content (AvgIpc) is 2.70. The minimum Gasteiger partial charge on any atom is -0.375 e. The number of nitrogens with one attached hydrogen (secondary N) is 1. The summed E-state index contributed by atoms with van der Waals surface area (Å²) in [5, 5.41) is 3.44. The number of nitrogens with zero attached hydrogens (tertiary/aromatic N) is 1. The number of hydrogen-bond donors (Lipinski definition) is 1. The molecule has 1 aliphatic carbocycles. The Morgan fingerprint density at radius 1 is 1.15 bits per heavy atom. The van der Waals surface area contributed by atoms with Gasteiger partial charge in [-0.25, -0.2) is 4.39 Å². The Morgan fingerprint density at radius 2 is 1.92 bits per heavy atom. The fourth-order valence-corrected chi connectivity index (χ4v) is 4.17. The van der Waals surface area contributed by atoms with Gasteiger partial charge in [0.15, 0.2) is 0 Å². The predicted molar refractivity (Wildman–Crippen MR) is 103 cm³/mol. The molecular weight excluding hydrogens is 327 g/mol. The van der Waals surface area contributed by atoms with Crippen molar-refractivity contribution in [3.63, 3.8) is 0 Å². The smallest absolute Gasteiger partial charge is 0.144 e. The van der Waals surface area contributed by atoms with Crippen molar-refractivity contribution < 1.29 is 9.18 Å². The standard InChI is InChI=1S/C22H23FN2O/c1-13-8-9-16-17(10-13)25-21(14-6-4-5-7-15(14)23)20-18(24-16)11-22(2,3)12-19(20)26/h4-10,20-21,25H,11-12H2,1-3H3. The van der Waals surface area contributed by atoms with Crippen molar-refractivity contribution in [1.82, 2.24) is 0 Å². The molecule has 1 aliphatic heterocycles. The van der Waals surface area contributed by atoms with Gasteiger partial charge in [0.25, 0.3) is 0 Å². The molecule has 26 heavy (non-hydrogen) atoms. The van der Waals surface area contributed by atoms with Crippen LogP contribution in [0.15, 0.2) is 47.5 Å². The van der Waals surface area contributed by atoms with Crippen LogP contribution in [-0.4, -0.2) is 11.5 Å². The highest BCUT2D eigenvalue weighted by Crippen LogP contribution is 2.45. The summed E-state index contributed by atoms with van der Waals surface area (Å²) in [5.74, 6) is -0.601. The average molecular weight is 350 g/mol. The Labute approximate surface area is 153 Å². The van der Waals surface area contributed by atoms with Crippen LogP contribution in [0.3, 0.4) is 0 Å². The predicted octanol–water partition coefficient (Wildman–Crippen LogP) is 5.38. The third-order valence-electron chi connectivity index (χ3n) is 5.32. The van der Waals surface area contributed by atoms with Crippen LogP contribution >= 0.6 is 0 Å². The number of carbonyl (C=O) groups excluding carboxylic acids is 1. The lowest BCUT2D eigenvalue weighted by Gasteiger charge is -2.37. The SMILES string of the molecule is Cc1ccc2c(c1)NC(c1ccccc1F)C1C(=O)CC(C)(C)CC1=N2. The van der Waals surface area contributed by atoms with Crippen LogP contribution in [0, 0.1) is 24.1 Å². The van der Waals surface area contributed by atoms with Crippen LogP contribution in [0.2, 0.25) is 0 Å². The summed E-state index contributed by atoms with van der Waals surface area (Å²) in [7, 11) is 0. The van der Waals surface area contributed by atoms with Gasteiger partial charge < -0.3 is 5.32 Å². The van der Waals surface area contributed by atoms with Crippen LogP contribution in [0.5, 0.6) is 0 Å². The van der Waals surface area contributed by atoms with Gasteiger partial charge in [-0.2, -0.15) is 0 Å². The number of carbonyl (C=O) groups is 1. The first-order valence-electron chi connectivity index (χ1n) is 9.06. The van der Waals surface area contributed by atoms with E-state index in [2.05, 4.69) is 19.2 Å². The van der Waals surface area contributed by atoms with Gasteiger partial charge in [-0.15, -0.1) is 0 Å². The molecular formula is C22H23FN2O. The normalized spacial score (nSPS) is 24.0. The van der Waals surface area contributed by atoms with Crippen LogP contribution in [0.4, 0.5) is 15.8 Å². The van der Waals surface area contributed by atoms with E-state index in [0.717, 1.165) is 29.1 Å². The molecule has 1 fully saturated rings. The molecule has 0 saturated heterocycles. The first kappa shape index (κ1) is 17.0. The number of fused-ring (bicyclic) bond motifs is 2. The number of Topliss-reactive ketones (excluding diaryl/α,β-unsaturated/α-hetero) is 1. The third kappa shape index (κ3) is 2.94. The second kappa shape index (κ2) is 6.04. The minimum atomic E-state index is -0.443. The third-order valence-corrected chi connectivity index (χ3v) is 5.32. The molecule has 4 heteroatoms. The Hall–Kier alpha value is -2.49. The highest BCUT2D eigenvalue weighted by Gasteiger charge is 2.44. The van der Waals surface area contributed by atoms with Crippen molar-refractivity contribution in [2.45, 2.75) is 39.7 Å². The van der Waals surface area contributed by atoms with Gasteiger partial charge >= 0.3 is 0 Å². The van der Waals surface area contributed by atoms with Gasteiger partial charge in [0.1, 0.15) is 11.6 Å². The minimum absolute atomic E-state index is 0.124. The van der Waals surface area contributed by atoms with Gasteiger partial charge in [-0.3, -0.25) is 9.79 Å². The number of hydrogen-bond acceptors (Lipinski definition) is 3. The van der Waals surface area contributed by atoms with Crippen molar-refractivity contribution in [1.29, 1.82) is 0 Å². The summed E-state index contributed by atoms with van der Waals surface area (Å²) >= 11 is 0. The molecule has 134 valence electrons. The molecule has 1 saturated carbocycles. The number of aryl methyl sites for hydroxylation is 1. The van der Waals surface area contributed by atoms with E-state index in [-0.39, 0.29) is 17.0 Å². The van der Waals surface area contributed by atoms with Gasteiger partial charge in [-0.05, 0) is 42.5 Å². The van der Waals surface area contributed by atoms with Crippen molar-refractivity contribution in [3.05, 3.63) is 59.4 Å². The monoisotopic (exact) mass is 350 g/mol. The summed E-state index contributed by atoms with van der Waals surface area (Å²) in [6.45, 7) is 6.20.